The first-order valence-electron chi connectivity index (χ1n) is 9.63. The molecule has 4 rings (SSSR count). The van der Waals surface area contributed by atoms with Gasteiger partial charge < -0.3 is 10.2 Å². The predicted octanol–water partition coefficient (Wildman–Crippen LogP) is 2.76. The van der Waals surface area contributed by atoms with Crippen molar-refractivity contribution in [3.8, 4) is 5.82 Å². The third-order valence-corrected chi connectivity index (χ3v) is 5.15. The lowest BCUT2D eigenvalue weighted by atomic mass is 9.96. The number of aromatic nitrogens is 4. The van der Waals surface area contributed by atoms with E-state index in [2.05, 4.69) is 25.3 Å². The van der Waals surface area contributed by atoms with Crippen molar-refractivity contribution < 1.29 is 4.79 Å². The van der Waals surface area contributed by atoms with E-state index in [9.17, 15) is 4.79 Å². The zero-order chi connectivity index (χ0) is 19.3. The summed E-state index contributed by atoms with van der Waals surface area (Å²) < 4.78 is 1.71. The summed E-state index contributed by atoms with van der Waals surface area (Å²) in [4.78, 5) is 23.7. The first-order chi connectivity index (χ1) is 13.7. The van der Waals surface area contributed by atoms with Crippen molar-refractivity contribution in [2.75, 3.05) is 18.0 Å². The van der Waals surface area contributed by atoms with Crippen LogP contribution in [0.4, 0.5) is 5.82 Å². The smallest absolute Gasteiger partial charge is 0.225 e. The monoisotopic (exact) mass is 376 g/mol. The van der Waals surface area contributed by atoms with Crippen LogP contribution in [0.3, 0.4) is 0 Å². The molecule has 28 heavy (non-hydrogen) atoms. The molecule has 3 aromatic rings. The molecule has 0 unspecified atom stereocenters. The Morgan fingerprint density at radius 1 is 1.18 bits per heavy atom. The van der Waals surface area contributed by atoms with E-state index < -0.39 is 0 Å². The minimum Gasteiger partial charge on any atom is -0.356 e. The van der Waals surface area contributed by atoms with Crippen LogP contribution in [0.2, 0.25) is 0 Å². The number of carbonyl (C=O) groups excluding carboxylic acids is 1. The second-order valence-corrected chi connectivity index (χ2v) is 7.11. The molecule has 0 radical (unpaired) electrons. The third kappa shape index (κ3) is 4.03. The van der Waals surface area contributed by atoms with E-state index >= 15 is 0 Å². The van der Waals surface area contributed by atoms with Gasteiger partial charge in [-0.2, -0.15) is 5.10 Å². The van der Waals surface area contributed by atoms with Crippen LogP contribution in [0.1, 0.15) is 31.4 Å². The van der Waals surface area contributed by atoms with Crippen molar-refractivity contribution in [1.82, 2.24) is 25.1 Å². The Hall–Kier alpha value is -3.22. The molecule has 3 heterocycles. The number of anilines is 1. The van der Waals surface area contributed by atoms with E-state index in [1.54, 1.807) is 17.2 Å². The van der Waals surface area contributed by atoms with Crippen LogP contribution in [0.15, 0.2) is 61.2 Å². The highest BCUT2D eigenvalue weighted by atomic mass is 16.2. The van der Waals surface area contributed by atoms with Crippen LogP contribution < -0.4 is 10.2 Å². The lowest BCUT2D eigenvalue weighted by Gasteiger charge is -2.33. The van der Waals surface area contributed by atoms with Gasteiger partial charge in [0.1, 0.15) is 12.1 Å². The Kier molecular flexibility index (Phi) is 5.32. The largest absolute Gasteiger partial charge is 0.356 e. The lowest BCUT2D eigenvalue weighted by molar-refractivity contribution is -0.125. The van der Waals surface area contributed by atoms with Gasteiger partial charge in [0.15, 0.2) is 5.82 Å². The van der Waals surface area contributed by atoms with Crippen LogP contribution in [-0.4, -0.2) is 38.7 Å². The summed E-state index contributed by atoms with van der Waals surface area (Å²) in [7, 11) is 0. The second kappa shape index (κ2) is 8.21. The zero-order valence-electron chi connectivity index (χ0n) is 15.9. The molecule has 144 valence electrons. The van der Waals surface area contributed by atoms with Gasteiger partial charge in [0.2, 0.25) is 5.91 Å². The van der Waals surface area contributed by atoms with Crippen LogP contribution in [-0.2, 0) is 4.79 Å². The predicted molar refractivity (Wildman–Crippen MR) is 107 cm³/mol. The first kappa shape index (κ1) is 18.2. The molecule has 1 aliphatic rings. The highest BCUT2D eigenvalue weighted by molar-refractivity contribution is 5.80. The van der Waals surface area contributed by atoms with Gasteiger partial charge in [-0.25, -0.2) is 14.6 Å². The van der Waals surface area contributed by atoms with Gasteiger partial charge in [0, 0.05) is 31.5 Å². The fourth-order valence-corrected chi connectivity index (χ4v) is 3.60. The maximum Gasteiger partial charge on any atom is 0.225 e. The molecule has 1 aliphatic heterocycles. The molecule has 1 saturated heterocycles. The molecule has 2 atom stereocenters. The minimum atomic E-state index is -0.0527. The van der Waals surface area contributed by atoms with E-state index in [0.717, 1.165) is 36.6 Å². The van der Waals surface area contributed by atoms with Gasteiger partial charge >= 0.3 is 0 Å². The Balaban J connectivity index is 1.43. The maximum absolute atomic E-state index is 12.8. The summed E-state index contributed by atoms with van der Waals surface area (Å²) in [6.07, 6.45) is 6.97. The molecule has 1 amide bonds. The van der Waals surface area contributed by atoms with Gasteiger partial charge in [0.25, 0.3) is 0 Å². The highest BCUT2D eigenvalue weighted by Gasteiger charge is 2.27. The molecule has 0 bridgehead atoms. The summed E-state index contributed by atoms with van der Waals surface area (Å²) in [6, 6.07) is 13.8. The van der Waals surface area contributed by atoms with Crippen LogP contribution >= 0.6 is 0 Å². The summed E-state index contributed by atoms with van der Waals surface area (Å²) in [5.41, 5.74) is 1.11. The molecule has 0 spiro atoms. The fraction of sp³-hybridized carbons (Fsp3) is 0.333. The zero-order valence-corrected chi connectivity index (χ0v) is 15.9. The molecular formula is C21H24N6O. The van der Waals surface area contributed by atoms with Crippen LogP contribution in [0.25, 0.3) is 5.82 Å². The van der Waals surface area contributed by atoms with E-state index in [-0.39, 0.29) is 17.9 Å². The Morgan fingerprint density at radius 3 is 2.79 bits per heavy atom. The third-order valence-electron chi connectivity index (χ3n) is 5.15. The quantitative estimate of drug-likeness (QED) is 0.741. The molecule has 1 fully saturated rings. The average molecular weight is 376 g/mol. The van der Waals surface area contributed by atoms with Crippen molar-refractivity contribution in [3.63, 3.8) is 0 Å². The normalized spacial score (nSPS) is 17.9. The average Bonchev–Trinajstić information content (AvgIpc) is 3.29. The van der Waals surface area contributed by atoms with Gasteiger partial charge in [-0.3, -0.25) is 4.79 Å². The topological polar surface area (TPSA) is 75.9 Å². The molecule has 1 aromatic carbocycles. The van der Waals surface area contributed by atoms with Gasteiger partial charge in [-0.15, -0.1) is 0 Å². The fourth-order valence-electron chi connectivity index (χ4n) is 3.60. The first-order valence-corrected chi connectivity index (χ1v) is 9.63. The van der Waals surface area contributed by atoms with E-state index in [0.29, 0.717) is 6.54 Å². The number of amides is 1. The number of carbonyl (C=O) groups is 1. The Bertz CT molecular complexity index is 912. The second-order valence-electron chi connectivity index (χ2n) is 7.11. The van der Waals surface area contributed by atoms with E-state index in [4.69, 9.17) is 0 Å². The lowest BCUT2D eigenvalue weighted by Crippen LogP contribution is -2.44. The standard InChI is InChI=1S/C21H24N6O/c1-16(17-7-3-2-4-8-17)25-21(28)18-9-5-11-26(14-18)19-13-20(23-15-22-19)27-12-6-10-24-27/h2-4,6-8,10,12-13,15-16,18H,5,9,11,14H2,1H3,(H,25,28)/t16-,18+/m1/s1. The number of hydrogen-bond donors (Lipinski definition) is 1. The number of piperidine rings is 1. The van der Waals surface area contributed by atoms with Crippen LogP contribution in [0, 0.1) is 5.92 Å². The number of nitrogens with zero attached hydrogens (tertiary/aromatic N) is 5. The van der Waals surface area contributed by atoms with Crippen molar-refractivity contribution in [3.05, 3.63) is 66.7 Å². The maximum atomic E-state index is 12.8. The number of nitrogens with one attached hydrogen (secondary N) is 1. The van der Waals surface area contributed by atoms with Crippen LogP contribution in [0.5, 0.6) is 0 Å². The number of hydrogen-bond acceptors (Lipinski definition) is 5. The minimum absolute atomic E-state index is 0.00505. The van der Waals surface area contributed by atoms with Crippen molar-refractivity contribution in [1.29, 1.82) is 0 Å². The van der Waals surface area contributed by atoms with Crippen molar-refractivity contribution >= 4 is 11.7 Å². The van der Waals surface area contributed by atoms with E-state index in [1.807, 2.05) is 55.6 Å². The molecule has 1 N–H and O–H groups in total. The number of rotatable bonds is 5. The molecule has 0 saturated carbocycles. The molecule has 7 nitrogen and oxygen atoms in total. The Labute approximate surface area is 164 Å². The Morgan fingerprint density at radius 2 is 2.00 bits per heavy atom. The van der Waals surface area contributed by atoms with Crippen molar-refractivity contribution in [2.24, 2.45) is 5.92 Å². The van der Waals surface area contributed by atoms with Gasteiger partial charge in [0.05, 0.1) is 12.0 Å². The molecular weight excluding hydrogens is 352 g/mol. The molecule has 2 aromatic heterocycles. The summed E-state index contributed by atoms with van der Waals surface area (Å²) in [5, 5.41) is 7.38. The summed E-state index contributed by atoms with van der Waals surface area (Å²) in [5.74, 6) is 1.60. The van der Waals surface area contributed by atoms with Gasteiger partial charge in [-0.05, 0) is 31.4 Å². The SMILES string of the molecule is C[C@@H](NC(=O)[C@H]1CCCN(c2cc(-n3cccn3)ncn2)C1)c1ccccc1. The summed E-state index contributed by atoms with van der Waals surface area (Å²) >= 11 is 0. The molecule has 0 aliphatic carbocycles. The number of benzene rings is 1. The van der Waals surface area contributed by atoms with E-state index in [1.165, 1.54) is 0 Å². The van der Waals surface area contributed by atoms with Crippen molar-refractivity contribution in [2.45, 2.75) is 25.8 Å². The molecule has 7 heteroatoms. The van der Waals surface area contributed by atoms with Gasteiger partial charge in [-0.1, -0.05) is 30.3 Å². The highest BCUT2D eigenvalue weighted by Crippen LogP contribution is 2.23. The summed E-state index contributed by atoms with van der Waals surface area (Å²) in [6.45, 7) is 3.56.